The first-order valence-electron chi connectivity index (χ1n) is 10.2. The number of thiocarbonyl (C=S) groups is 1. The highest BCUT2D eigenvalue weighted by Gasteiger charge is 2.51. The third-order valence-corrected chi connectivity index (χ3v) is 6.70. The van der Waals surface area contributed by atoms with Crippen molar-refractivity contribution in [2.24, 2.45) is 0 Å². The zero-order valence-corrected chi connectivity index (χ0v) is 19.0. The Morgan fingerprint density at radius 1 is 1.34 bits per heavy atom. The van der Waals surface area contributed by atoms with E-state index in [0.29, 0.717) is 12.6 Å². The van der Waals surface area contributed by atoms with Crippen molar-refractivity contribution in [2.75, 3.05) is 25.1 Å². The molecular weight excluding hydrogens is 407 g/mol. The quantitative estimate of drug-likeness (QED) is 0.666. The molecule has 0 aliphatic carbocycles. The maximum absolute atomic E-state index is 13.3. The van der Waals surface area contributed by atoms with Crippen LogP contribution < -0.4 is 10.6 Å². The molecule has 5 nitrogen and oxygen atoms in total. The number of piperidine rings is 1. The highest BCUT2D eigenvalue weighted by Crippen LogP contribution is 2.35. The molecule has 160 valence electrons. The normalized spacial score (nSPS) is 21.3. The number of amides is 1. The van der Waals surface area contributed by atoms with Crippen molar-refractivity contribution < 1.29 is 9.18 Å². The summed E-state index contributed by atoms with van der Waals surface area (Å²) in [6, 6.07) is 6.59. The fraction of sp³-hybridized carbons (Fsp3) is 0.619. The fourth-order valence-corrected chi connectivity index (χ4v) is 5.02. The first kappa shape index (κ1) is 22.3. The monoisotopic (exact) mass is 438 g/mol. The number of nitrogens with zero attached hydrogens (tertiary/aromatic N) is 2. The Balaban J connectivity index is 1.75. The highest BCUT2D eigenvalue weighted by atomic mass is 32.2. The van der Waals surface area contributed by atoms with Crippen molar-refractivity contribution >= 4 is 35.0 Å². The van der Waals surface area contributed by atoms with E-state index in [1.165, 1.54) is 12.1 Å². The molecule has 3 rings (SSSR count). The molecular formula is C21H31FN4OS2. The minimum atomic E-state index is -0.363. The summed E-state index contributed by atoms with van der Waals surface area (Å²) in [6.07, 6.45) is 4.51. The minimum Gasteiger partial charge on any atom is -0.360 e. The third-order valence-electron chi connectivity index (χ3n) is 5.68. The SMILES string of the molecule is CSCCC1NC2(CCN(C(=S)NC(C)C)CC2)N(Cc2ccc(F)cc2)C1=O. The number of benzene rings is 1. The van der Waals surface area contributed by atoms with Gasteiger partial charge in [-0.2, -0.15) is 11.8 Å². The van der Waals surface area contributed by atoms with E-state index in [2.05, 4.69) is 35.6 Å². The number of hydrogen-bond donors (Lipinski definition) is 2. The maximum atomic E-state index is 13.3. The van der Waals surface area contributed by atoms with Gasteiger partial charge in [0.2, 0.25) is 5.91 Å². The molecule has 1 amide bonds. The predicted octanol–water partition coefficient (Wildman–Crippen LogP) is 2.95. The van der Waals surface area contributed by atoms with Crippen LogP contribution in [0.1, 0.15) is 38.7 Å². The van der Waals surface area contributed by atoms with E-state index in [1.807, 2.05) is 4.90 Å². The largest absolute Gasteiger partial charge is 0.360 e. The Kier molecular flexibility index (Phi) is 7.40. The second kappa shape index (κ2) is 9.62. The van der Waals surface area contributed by atoms with E-state index in [0.717, 1.165) is 48.8 Å². The predicted molar refractivity (Wildman–Crippen MR) is 121 cm³/mol. The van der Waals surface area contributed by atoms with Gasteiger partial charge in [0.1, 0.15) is 5.82 Å². The Morgan fingerprint density at radius 2 is 2.00 bits per heavy atom. The minimum absolute atomic E-state index is 0.153. The number of rotatable bonds is 6. The molecule has 1 aromatic rings. The Hall–Kier alpha value is -1.38. The number of nitrogens with one attached hydrogen (secondary N) is 2. The summed E-state index contributed by atoms with van der Waals surface area (Å²) in [5, 5.41) is 7.76. The van der Waals surface area contributed by atoms with Gasteiger partial charge in [-0.15, -0.1) is 0 Å². The Bertz CT molecular complexity index is 720. The van der Waals surface area contributed by atoms with Crippen LogP contribution in [0.2, 0.25) is 0 Å². The van der Waals surface area contributed by atoms with Gasteiger partial charge >= 0.3 is 0 Å². The lowest BCUT2D eigenvalue weighted by molar-refractivity contribution is -0.134. The standard InChI is InChI=1S/C21H31FN4OS2/c1-15(2)23-20(28)25-11-9-21(10-12-25)24-18(8-13-29-3)19(27)26(21)14-16-4-6-17(22)7-5-16/h4-7,15,18,24H,8-14H2,1-3H3,(H,23,28). The molecule has 1 atom stereocenters. The Labute approximate surface area is 182 Å². The summed E-state index contributed by atoms with van der Waals surface area (Å²) in [6.45, 7) is 6.25. The number of carbonyl (C=O) groups excluding carboxylic acids is 1. The summed E-state index contributed by atoms with van der Waals surface area (Å²) in [5.74, 6) is 0.838. The van der Waals surface area contributed by atoms with Crippen LogP contribution in [-0.2, 0) is 11.3 Å². The van der Waals surface area contributed by atoms with Gasteiger partial charge in [0.25, 0.3) is 0 Å². The van der Waals surface area contributed by atoms with Crippen molar-refractivity contribution in [1.29, 1.82) is 0 Å². The van der Waals surface area contributed by atoms with Crippen LogP contribution in [0.4, 0.5) is 4.39 Å². The van der Waals surface area contributed by atoms with Crippen LogP contribution in [0.5, 0.6) is 0 Å². The first-order valence-corrected chi connectivity index (χ1v) is 12.0. The molecule has 2 fully saturated rings. The molecule has 2 aliphatic heterocycles. The van der Waals surface area contributed by atoms with Crippen molar-refractivity contribution in [3.05, 3.63) is 35.6 Å². The summed E-state index contributed by atoms with van der Waals surface area (Å²) >= 11 is 7.30. The van der Waals surface area contributed by atoms with Gasteiger partial charge in [0, 0.05) is 38.5 Å². The van der Waals surface area contributed by atoms with Gasteiger partial charge in [0.15, 0.2) is 5.11 Å². The van der Waals surface area contributed by atoms with Crippen LogP contribution >= 0.6 is 24.0 Å². The molecule has 2 saturated heterocycles. The van der Waals surface area contributed by atoms with E-state index in [4.69, 9.17) is 12.2 Å². The lowest BCUT2D eigenvalue weighted by Gasteiger charge is -2.45. The van der Waals surface area contributed by atoms with Gasteiger partial charge in [-0.3, -0.25) is 10.1 Å². The van der Waals surface area contributed by atoms with E-state index >= 15 is 0 Å². The highest BCUT2D eigenvalue weighted by molar-refractivity contribution is 7.98. The molecule has 1 spiro atoms. The molecule has 0 saturated carbocycles. The number of hydrogen-bond acceptors (Lipinski definition) is 4. The van der Waals surface area contributed by atoms with E-state index in [9.17, 15) is 9.18 Å². The summed E-state index contributed by atoms with van der Waals surface area (Å²) < 4.78 is 13.3. The molecule has 0 radical (unpaired) electrons. The Morgan fingerprint density at radius 3 is 2.59 bits per heavy atom. The molecule has 0 aromatic heterocycles. The molecule has 1 unspecified atom stereocenters. The second-order valence-electron chi connectivity index (χ2n) is 8.15. The topological polar surface area (TPSA) is 47.6 Å². The zero-order valence-electron chi connectivity index (χ0n) is 17.4. The fourth-order valence-electron chi connectivity index (χ4n) is 4.13. The molecule has 2 heterocycles. The average Bonchev–Trinajstić information content (AvgIpc) is 2.93. The summed E-state index contributed by atoms with van der Waals surface area (Å²) in [4.78, 5) is 17.4. The summed E-state index contributed by atoms with van der Waals surface area (Å²) in [5.41, 5.74) is 0.587. The molecule has 2 N–H and O–H groups in total. The number of thioether (sulfide) groups is 1. The van der Waals surface area contributed by atoms with Gasteiger partial charge in [0.05, 0.1) is 11.7 Å². The first-order chi connectivity index (χ1) is 13.8. The summed E-state index contributed by atoms with van der Waals surface area (Å²) in [7, 11) is 0. The smallest absolute Gasteiger partial charge is 0.241 e. The van der Waals surface area contributed by atoms with Crippen LogP contribution in [-0.4, -0.2) is 63.7 Å². The van der Waals surface area contributed by atoms with Crippen molar-refractivity contribution in [2.45, 2.75) is 57.4 Å². The maximum Gasteiger partial charge on any atom is 0.241 e. The van der Waals surface area contributed by atoms with Crippen molar-refractivity contribution in [3.63, 3.8) is 0 Å². The van der Waals surface area contributed by atoms with Crippen LogP contribution in [0.25, 0.3) is 0 Å². The molecule has 29 heavy (non-hydrogen) atoms. The van der Waals surface area contributed by atoms with Gasteiger partial charge in [-0.05, 0) is 62.2 Å². The molecule has 0 bridgehead atoms. The lowest BCUT2D eigenvalue weighted by Crippen LogP contribution is -2.60. The number of carbonyl (C=O) groups is 1. The second-order valence-corrected chi connectivity index (χ2v) is 9.52. The van der Waals surface area contributed by atoms with Crippen LogP contribution in [0, 0.1) is 5.82 Å². The van der Waals surface area contributed by atoms with Gasteiger partial charge in [-0.1, -0.05) is 12.1 Å². The average molecular weight is 439 g/mol. The van der Waals surface area contributed by atoms with E-state index < -0.39 is 0 Å². The van der Waals surface area contributed by atoms with E-state index in [-0.39, 0.29) is 23.4 Å². The van der Waals surface area contributed by atoms with Crippen molar-refractivity contribution in [3.8, 4) is 0 Å². The number of likely N-dealkylation sites (tertiary alicyclic amines) is 1. The zero-order chi connectivity index (χ0) is 21.0. The van der Waals surface area contributed by atoms with Crippen LogP contribution in [0.15, 0.2) is 24.3 Å². The number of halogens is 1. The molecule has 1 aromatic carbocycles. The lowest BCUT2D eigenvalue weighted by atomic mass is 9.95. The molecule has 8 heteroatoms. The van der Waals surface area contributed by atoms with Crippen LogP contribution in [0.3, 0.4) is 0 Å². The third kappa shape index (κ3) is 5.22. The van der Waals surface area contributed by atoms with Gasteiger partial charge < -0.3 is 15.1 Å². The molecule has 2 aliphatic rings. The van der Waals surface area contributed by atoms with E-state index in [1.54, 1.807) is 23.9 Å². The van der Waals surface area contributed by atoms with Gasteiger partial charge in [-0.25, -0.2) is 4.39 Å². The van der Waals surface area contributed by atoms with Crippen molar-refractivity contribution in [1.82, 2.24) is 20.4 Å².